The highest BCUT2D eigenvalue weighted by Gasteiger charge is 2.37. The predicted octanol–water partition coefficient (Wildman–Crippen LogP) is 12.7. The van der Waals surface area contributed by atoms with Crippen molar-refractivity contribution in [3.63, 3.8) is 0 Å². The molecule has 1 atom stereocenters. The van der Waals surface area contributed by atoms with E-state index in [-0.39, 0.29) is 11.6 Å². The first-order chi connectivity index (χ1) is 26.4. The number of benzene rings is 8. The van der Waals surface area contributed by atoms with Gasteiger partial charge in [-0.25, -0.2) is 0 Å². The van der Waals surface area contributed by atoms with Crippen LogP contribution in [0.15, 0.2) is 174 Å². The monoisotopic (exact) mass is 696 g/mol. The van der Waals surface area contributed by atoms with E-state index in [0.717, 1.165) is 50.6 Å². The topological polar surface area (TPSA) is 51.2 Å². The zero-order chi connectivity index (χ0) is 36.4. The maximum absolute atomic E-state index is 6.80. The minimum absolute atomic E-state index is 0.0857. The van der Waals surface area contributed by atoms with E-state index in [1.54, 1.807) is 0 Å². The Morgan fingerprint density at radius 1 is 0.630 bits per heavy atom. The fraction of sp³-hybridized carbons (Fsp3) is 0.0980. The van der Waals surface area contributed by atoms with Crippen LogP contribution in [-0.4, -0.2) is 0 Å². The number of fused-ring (bicyclic) bond motifs is 9. The maximum atomic E-state index is 6.80. The summed E-state index contributed by atoms with van der Waals surface area (Å²) in [4.78, 5) is 0. The number of nitrogens with two attached hydrogens (primary N) is 1. The smallest absolute Gasteiger partial charge is 0.143 e. The van der Waals surface area contributed by atoms with Crippen molar-refractivity contribution in [2.24, 2.45) is 5.73 Å². The van der Waals surface area contributed by atoms with Crippen LogP contribution < -0.4 is 11.1 Å². The molecule has 1 aliphatic rings. The molecule has 1 aromatic heterocycles. The minimum Gasteiger partial charge on any atom is -0.455 e. The Bertz CT molecular complexity index is 2910. The highest BCUT2D eigenvalue weighted by molar-refractivity contribution is 6.15. The average molecular weight is 697 g/mol. The molecule has 0 radical (unpaired) electrons. The Labute approximate surface area is 315 Å². The third kappa shape index (κ3) is 5.31. The van der Waals surface area contributed by atoms with Crippen LogP contribution in [0.25, 0.3) is 71.4 Å². The van der Waals surface area contributed by atoms with Gasteiger partial charge in [0.05, 0.1) is 0 Å². The summed E-state index contributed by atoms with van der Waals surface area (Å²) in [6.45, 7) is 4.71. The molecular formula is C51H40N2O. The van der Waals surface area contributed by atoms with E-state index < -0.39 is 0 Å². The third-order valence-electron chi connectivity index (χ3n) is 11.5. The van der Waals surface area contributed by atoms with Gasteiger partial charge in [0.1, 0.15) is 17.3 Å². The second-order valence-corrected chi connectivity index (χ2v) is 15.1. The SMILES string of the molecule is CC1(C)c2cc3ccccc3cc2-c2c(-c3ccc(/C(=C/Cc4ccc5oc6c7ccccc7ccc6c5c4)NC(N)c4ccccc4)cc3)cccc21. The normalized spacial score (nSPS) is 14.1. The summed E-state index contributed by atoms with van der Waals surface area (Å²) in [7, 11) is 0. The molecule has 0 saturated heterocycles. The Morgan fingerprint density at radius 3 is 2.19 bits per heavy atom. The first-order valence-electron chi connectivity index (χ1n) is 18.8. The molecule has 260 valence electrons. The van der Waals surface area contributed by atoms with Gasteiger partial charge in [-0.15, -0.1) is 0 Å². The van der Waals surface area contributed by atoms with Crippen LogP contribution in [-0.2, 0) is 11.8 Å². The van der Waals surface area contributed by atoms with Crippen LogP contribution in [0.5, 0.6) is 0 Å². The second-order valence-electron chi connectivity index (χ2n) is 15.1. The van der Waals surface area contributed by atoms with E-state index in [4.69, 9.17) is 10.2 Å². The van der Waals surface area contributed by atoms with Gasteiger partial charge in [0.15, 0.2) is 0 Å². The van der Waals surface area contributed by atoms with Crippen LogP contribution in [0.3, 0.4) is 0 Å². The maximum Gasteiger partial charge on any atom is 0.143 e. The summed E-state index contributed by atoms with van der Waals surface area (Å²) in [5.41, 5.74) is 20.8. The lowest BCUT2D eigenvalue weighted by Gasteiger charge is -2.22. The second kappa shape index (κ2) is 12.6. The van der Waals surface area contributed by atoms with E-state index in [0.29, 0.717) is 0 Å². The van der Waals surface area contributed by atoms with Crippen molar-refractivity contribution >= 4 is 49.2 Å². The summed E-state index contributed by atoms with van der Waals surface area (Å²) in [5, 5.41) is 10.8. The van der Waals surface area contributed by atoms with Crippen molar-refractivity contribution in [2.75, 3.05) is 0 Å². The van der Waals surface area contributed by atoms with E-state index in [1.807, 2.05) is 18.2 Å². The van der Waals surface area contributed by atoms with Gasteiger partial charge < -0.3 is 15.5 Å². The summed E-state index contributed by atoms with van der Waals surface area (Å²) < 4.78 is 6.40. The summed E-state index contributed by atoms with van der Waals surface area (Å²) in [5.74, 6) is 0. The van der Waals surface area contributed by atoms with Crippen LogP contribution in [0.4, 0.5) is 0 Å². The van der Waals surface area contributed by atoms with Crippen molar-refractivity contribution in [1.82, 2.24) is 5.32 Å². The van der Waals surface area contributed by atoms with Crippen LogP contribution in [0.1, 0.15) is 47.8 Å². The molecule has 0 bridgehead atoms. The van der Waals surface area contributed by atoms with E-state index in [9.17, 15) is 0 Å². The highest BCUT2D eigenvalue weighted by atomic mass is 16.3. The van der Waals surface area contributed by atoms with E-state index in [2.05, 4.69) is 171 Å². The number of hydrogen-bond acceptors (Lipinski definition) is 3. The minimum atomic E-state index is -0.364. The molecule has 3 heteroatoms. The third-order valence-corrected chi connectivity index (χ3v) is 11.5. The van der Waals surface area contributed by atoms with Gasteiger partial charge in [0, 0.05) is 27.3 Å². The first-order valence-corrected chi connectivity index (χ1v) is 18.8. The molecule has 1 aliphatic carbocycles. The summed E-state index contributed by atoms with van der Waals surface area (Å²) >= 11 is 0. The zero-order valence-corrected chi connectivity index (χ0v) is 30.4. The Hall–Kier alpha value is -6.42. The molecule has 0 saturated carbocycles. The van der Waals surface area contributed by atoms with Crippen molar-refractivity contribution < 1.29 is 4.42 Å². The molecule has 10 rings (SSSR count). The fourth-order valence-corrected chi connectivity index (χ4v) is 8.61. The summed E-state index contributed by atoms with van der Waals surface area (Å²) in [6, 6.07) is 58.8. The van der Waals surface area contributed by atoms with Crippen LogP contribution in [0.2, 0.25) is 0 Å². The lowest BCUT2D eigenvalue weighted by molar-refractivity contribution is 0.661. The lowest BCUT2D eigenvalue weighted by atomic mass is 9.81. The molecule has 54 heavy (non-hydrogen) atoms. The summed E-state index contributed by atoms with van der Waals surface area (Å²) in [6.07, 6.45) is 2.63. The molecule has 0 amide bonds. The first kappa shape index (κ1) is 32.2. The lowest BCUT2D eigenvalue weighted by Crippen LogP contribution is -2.27. The number of rotatable bonds is 7. The quantitative estimate of drug-likeness (QED) is 0.163. The van der Waals surface area contributed by atoms with Crippen molar-refractivity contribution in [3.05, 3.63) is 198 Å². The Morgan fingerprint density at radius 2 is 1.37 bits per heavy atom. The highest BCUT2D eigenvalue weighted by Crippen LogP contribution is 2.53. The fourth-order valence-electron chi connectivity index (χ4n) is 8.61. The molecule has 1 unspecified atom stereocenters. The zero-order valence-electron chi connectivity index (χ0n) is 30.4. The van der Waals surface area contributed by atoms with E-state index >= 15 is 0 Å². The van der Waals surface area contributed by atoms with Crippen molar-refractivity contribution in [2.45, 2.75) is 31.8 Å². The van der Waals surface area contributed by atoms with E-state index in [1.165, 1.54) is 55.1 Å². The standard InChI is InChI=1S/C51H40N2O/c1-51(2)44-18-10-17-39(48(44)43-30-37-14-6-7-15-38(37)31-45(43)51)34-21-23-35(24-22-34)46(53-50(52)36-12-4-3-5-13-36)27-19-32-20-28-47-42(29-32)41-26-25-33-11-8-9-16-40(33)49(41)54-47/h3-18,20-31,50,53H,19,52H2,1-2H3/b46-27-. The van der Waals surface area contributed by atoms with Gasteiger partial charge in [0.25, 0.3) is 0 Å². The molecule has 3 nitrogen and oxygen atoms in total. The largest absolute Gasteiger partial charge is 0.455 e. The van der Waals surface area contributed by atoms with Crippen LogP contribution >= 0.6 is 0 Å². The van der Waals surface area contributed by atoms with Gasteiger partial charge in [-0.05, 0) is 103 Å². The molecule has 1 heterocycles. The Balaban J connectivity index is 1.02. The molecule has 0 aliphatic heterocycles. The predicted molar refractivity (Wildman–Crippen MR) is 226 cm³/mol. The van der Waals surface area contributed by atoms with Crippen molar-refractivity contribution in [3.8, 4) is 22.3 Å². The molecular weight excluding hydrogens is 657 g/mol. The number of furan rings is 1. The van der Waals surface area contributed by atoms with Gasteiger partial charge in [0.2, 0.25) is 0 Å². The van der Waals surface area contributed by atoms with Gasteiger partial charge in [-0.3, -0.25) is 0 Å². The average Bonchev–Trinajstić information content (AvgIpc) is 3.70. The molecule has 8 aromatic carbocycles. The van der Waals surface area contributed by atoms with Gasteiger partial charge in [-0.2, -0.15) is 0 Å². The molecule has 3 N–H and O–H groups in total. The molecule has 0 fully saturated rings. The Kier molecular flexibility index (Phi) is 7.53. The number of hydrogen-bond donors (Lipinski definition) is 2. The van der Waals surface area contributed by atoms with Crippen molar-refractivity contribution in [1.29, 1.82) is 0 Å². The van der Waals surface area contributed by atoms with Crippen LogP contribution in [0, 0.1) is 0 Å². The van der Waals surface area contributed by atoms with Gasteiger partial charge in [-0.1, -0.05) is 153 Å². The number of nitrogens with one attached hydrogen (secondary N) is 1. The molecule has 0 spiro atoms. The number of allylic oxidation sites excluding steroid dienone is 1. The molecule has 9 aromatic rings. The van der Waals surface area contributed by atoms with Gasteiger partial charge >= 0.3 is 0 Å².